The Hall–Kier alpha value is -2.79. The van der Waals surface area contributed by atoms with Crippen molar-refractivity contribution in [1.82, 2.24) is 4.31 Å². The van der Waals surface area contributed by atoms with E-state index in [1.165, 1.54) is 0 Å². The fraction of sp³-hybridized carbons (Fsp3) is 0.0526. The summed E-state index contributed by atoms with van der Waals surface area (Å²) in [5.74, 6) is -0.476. The number of hydrogen-bond donors (Lipinski definition) is 2. The van der Waals surface area contributed by atoms with Gasteiger partial charge in [-0.15, -0.1) is 0 Å². The molecular weight excluding hydrogens is 320 g/mol. The largest absolute Gasteiger partial charge is 0.338 e. The van der Waals surface area contributed by atoms with Gasteiger partial charge in [-0.25, -0.2) is 9.10 Å². The number of urea groups is 1. The van der Waals surface area contributed by atoms with E-state index in [4.69, 9.17) is 0 Å². The third kappa shape index (κ3) is 3.26. The molecule has 0 aliphatic carbocycles. The van der Waals surface area contributed by atoms with Crippen molar-refractivity contribution >= 4 is 41.2 Å². The summed E-state index contributed by atoms with van der Waals surface area (Å²) in [4.78, 5) is 24.7. The predicted molar refractivity (Wildman–Crippen MR) is 99.3 cm³/mol. The van der Waals surface area contributed by atoms with Crippen LogP contribution >= 0.6 is 12.8 Å². The van der Waals surface area contributed by atoms with Crippen LogP contribution in [0.4, 0.5) is 10.5 Å². The first-order valence-electron chi connectivity index (χ1n) is 7.45. The van der Waals surface area contributed by atoms with Crippen molar-refractivity contribution in [3.8, 4) is 0 Å². The molecule has 4 nitrogen and oxygen atoms in total. The van der Waals surface area contributed by atoms with E-state index < -0.39 is 11.9 Å². The van der Waals surface area contributed by atoms with Gasteiger partial charge in [0.1, 0.15) is 0 Å². The van der Waals surface area contributed by atoms with Gasteiger partial charge in [0.05, 0.1) is 5.69 Å². The highest BCUT2D eigenvalue weighted by molar-refractivity contribution is 7.79. The van der Waals surface area contributed by atoms with E-state index in [-0.39, 0.29) is 0 Å². The highest BCUT2D eigenvalue weighted by atomic mass is 32.1. The molecule has 3 amide bonds. The van der Waals surface area contributed by atoms with Crippen molar-refractivity contribution in [3.05, 3.63) is 77.9 Å². The predicted octanol–water partition coefficient (Wildman–Crippen LogP) is 4.67. The normalized spacial score (nSPS) is 10.4. The van der Waals surface area contributed by atoms with E-state index in [0.717, 1.165) is 20.6 Å². The zero-order valence-electron chi connectivity index (χ0n) is 13.1. The number of fused-ring (bicyclic) bond motifs is 1. The molecule has 24 heavy (non-hydrogen) atoms. The number of carbonyl (C=O) groups excluding carboxylic acids is 2. The topological polar surface area (TPSA) is 49.4 Å². The van der Waals surface area contributed by atoms with Crippen molar-refractivity contribution in [2.75, 3.05) is 5.32 Å². The molecule has 1 N–H and O–H groups in total. The Labute approximate surface area is 145 Å². The number of carbonyl (C=O) groups is 2. The number of hydrogen-bond acceptors (Lipinski definition) is 3. The molecule has 5 heteroatoms. The average molecular weight is 336 g/mol. The molecule has 0 aliphatic rings. The Balaban J connectivity index is 1.81. The SMILES string of the molecule is Cc1ccc(C(=O)N(S)C(=O)Nc2cccc3ccccc23)cc1. The van der Waals surface area contributed by atoms with Crippen molar-refractivity contribution in [1.29, 1.82) is 0 Å². The molecule has 0 heterocycles. The van der Waals surface area contributed by atoms with Crippen LogP contribution in [0.15, 0.2) is 66.7 Å². The Bertz CT molecular complexity index is 901. The molecule has 0 saturated heterocycles. The summed E-state index contributed by atoms with van der Waals surface area (Å²) in [6, 6.07) is 19.7. The molecule has 0 spiro atoms. The lowest BCUT2D eigenvalue weighted by Gasteiger charge is -2.16. The van der Waals surface area contributed by atoms with Gasteiger partial charge in [-0.2, -0.15) is 0 Å². The lowest BCUT2D eigenvalue weighted by Crippen LogP contribution is -2.32. The number of anilines is 1. The maximum absolute atomic E-state index is 12.4. The molecule has 3 aromatic rings. The number of nitrogens with zero attached hydrogens (tertiary/aromatic N) is 1. The third-order valence-electron chi connectivity index (χ3n) is 3.71. The van der Waals surface area contributed by atoms with Crippen molar-refractivity contribution in [2.24, 2.45) is 0 Å². The zero-order chi connectivity index (χ0) is 17.1. The Kier molecular flexibility index (Phi) is 4.53. The zero-order valence-corrected chi connectivity index (χ0v) is 14.0. The summed E-state index contributed by atoms with van der Waals surface area (Å²) < 4.78 is 0.784. The Morgan fingerprint density at radius 3 is 2.33 bits per heavy atom. The second kappa shape index (κ2) is 6.76. The van der Waals surface area contributed by atoms with E-state index in [0.29, 0.717) is 11.3 Å². The fourth-order valence-corrected chi connectivity index (χ4v) is 2.58. The fourth-order valence-electron chi connectivity index (χ4n) is 2.41. The Morgan fingerprint density at radius 2 is 1.58 bits per heavy atom. The summed E-state index contributed by atoms with van der Waals surface area (Å²) in [6.45, 7) is 1.93. The van der Waals surface area contributed by atoms with E-state index in [1.54, 1.807) is 18.2 Å². The number of aryl methyl sites for hydroxylation is 1. The lowest BCUT2D eigenvalue weighted by molar-refractivity contribution is 0.0902. The molecule has 0 aromatic heterocycles. The number of rotatable bonds is 2. The first-order valence-corrected chi connectivity index (χ1v) is 7.85. The second-order valence-electron chi connectivity index (χ2n) is 5.44. The van der Waals surface area contributed by atoms with Gasteiger partial charge in [-0.1, -0.05) is 66.9 Å². The van der Waals surface area contributed by atoms with Gasteiger partial charge in [-0.05, 0) is 30.5 Å². The Morgan fingerprint density at radius 1 is 0.917 bits per heavy atom. The molecule has 0 bridgehead atoms. The van der Waals surface area contributed by atoms with Crippen LogP contribution in [0.5, 0.6) is 0 Å². The summed E-state index contributed by atoms with van der Waals surface area (Å²) in [5, 5.41) is 4.64. The van der Waals surface area contributed by atoms with E-state index in [2.05, 4.69) is 18.1 Å². The van der Waals surface area contributed by atoms with Crippen LogP contribution in [-0.2, 0) is 0 Å². The summed E-state index contributed by atoms with van der Waals surface area (Å²) in [7, 11) is 0. The van der Waals surface area contributed by atoms with Gasteiger partial charge in [0, 0.05) is 10.9 Å². The monoisotopic (exact) mass is 336 g/mol. The number of nitrogens with one attached hydrogen (secondary N) is 1. The minimum Gasteiger partial charge on any atom is -0.306 e. The van der Waals surface area contributed by atoms with Gasteiger partial charge < -0.3 is 5.32 Å². The number of amides is 3. The first-order chi connectivity index (χ1) is 11.6. The molecule has 120 valence electrons. The van der Waals surface area contributed by atoms with Gasteiger partial charge >= 0.3 is 6.03 Å². The van der Waals surface area contributed by atoms with Crippen molar-refractivity contribution < 1.29 is 9.59 Å². The molecule has 0 saturated carbocycles. The minimum atomic E-state index is -0.597. The number of thiol groups is 1. The maximum Gasteiger partial charge on any atom is 0.338 e. The standard InChI is InChI=1S/C19H16N2O2S/c1-13-9-11-15(12-10-13)18(22)21(24)19(23)20-17-8-4-6-14-5-2-3-7-16(14)17/h2-12,24H,1H3,(H,20,23). The molecule has 3 aromatic carbocycles. The average Bonchev–Trinajstić information content (AvgIpc) is 2.61. The highest BCUT2D eigenvalue weighted by Crippen LogP contribution is 2.23. The smallest absolute Gasteiger partial charge is 0.306 e. The minimum absolute atomic E-state index is 0.406. The van der Waals surface area contributed by atoms with Crippen molar-refractivity contribution in [2.45, 2.75) is 6.92 Å². The molecule has 3 rings (SSSR count). The van der Waals surface area contributed by atoms with Crippen molar-refractivity contribution in [3.63, 3.8) is 0 Å². The highest BCUT2D eigenvalue weighted by Gasteiger charge is 2.20. The summed E-state index contributed by atoms with van der Waals surface area (Å²) >= 11 is 4.05. The van der Waals surface area contributed by atoms with E-state index in [9.17, 15) is 9.59 Å². The third-order valence-corrected chi connectivity index (χ3v) is 4.08. The van der Waals surface area contributed by atoms with E-state index >= 15 is 0 Å². The maximum atomic E-state index is 12.4. The van der Waals surface area contributed by atoms with Gasteiger partial charge in [0.15, 0.2) is 0 Å². The second-order valence-corrected chi connectivity index (χ2v) is 5.84. The van der Waals surface area contributed by atoms with Crippen LogP contribution in [0.25, 0.3) is 10.8 Å². The van der Waals surface area contributed by atoms with Crippen LogP contribution in [0, 0.1) is 6.92 Å². The molecule has 0 aliphatic heterocycles. The van der Waals surface area contributed by atoms with Crippen LogP contribution in [0.3, 0.4) is 0 Å². The van der Waals surface area contributed by atoms with Gasteiger partial charge in [0.25, 0.3) is 5.91 Å². The van der Waals surface area contributed by atoms with Crippen LogP contribution in [0.1, 0.15) is 15.9 Å². The van der Waals surface area contributed by atoms with Crippen LogP contribution in [0.2, 0.25) is 0 Å². The van der Waals surface area contributed by atoms with Crippen LogP contribution in [-0.4, -0.2) is 16.2 Å². The first kappa shape index (κ1) is 16.1. The molecular formula is C19H16N2O2S. The quantitative estimate of drug-likeness (QED) is 0.668. The summed E-state index contributed by atoms with van der Waals surface area (Å²) in [5.41, 5.74) is 2.08. The molecule has 0 atom stereocenters. The van der Waals surface area contributed by atoms with Crippen LogP contribution < -0.4 is 5.32 Å². The lowest BCUT2D eigenvalue weighted by atomic mass is 10.1. The molecule has 0 unspecified atom stereocenters. The number of imide groups is 1. The molecule has 0 fully saturated rings. The molecule has 0 radical (unpaired) electrons. The van der Waals surface area contributed by atoms with Gasteiger partial charge in [-0.3, -0.25) is 4.79 Å². The summed E-state index contributed by atoms with van der Waals surface area (Å²) in [6.07, 6.45) is 0. The van der Waals surface area contributed by atoms with E-state index in [1.807, 2.05) is 55.5 Å². The number of benzene rings is 3. The van der Waals surface area contributed by atoms with Gasteiger partial charge in [0.2, 0.25) is 0 Å².